The first-order valence-corrected chi connectivity index (χ1v) is 6.28. The number of hydrogen-bond donors (Lipinski definition) is 2. The first kappa shape index (κ1) is 15.1. The Labute approximate surface area is 117 Å². The number of hydrazone groups is 1. The van der Waals surface area contributed by atoms with Crippen molar-refractivity contribution in [1.29, 1.82) is 0 Å². The number of esters is 1. The zero-order valence-electron chi connectivity index (χ0n) is 10.8. The Balaban J connectivity index is 2.68. The molecule has 1 aromatic carbocycles. The molecule has 0 aliphatic carbocycles. The number of nitrogens with two attached hydrogens (primary N) is 1. The van der Waals surface area contributed by atoms with Crippen LogP contribution in [0, 0.1) is 0 Å². The fraction of sp³-hybridized carbons (Fsp3) is 0.308. The normalized spacial score (nSPS) is 10.9. The first-order chi connectivity index (χ1) is 9.13. The molecule has 0 saturated heterocycles. The zero-order valence-corrected chi connectivity index (χ0v) is 11.6. The summed E-state index contributed by atoms with van der Waals surface area (Å²) in [6, 6.07) is 9.66. The maximum Gasteiger partial charge on any atom is 0.305 e. The van der Waals surface area contributed by atoms with Gasteiger partial charge in [0.05, 0.1) is 12.8 Å². The lowest BCUT2D eigenvalue weighted by atomic mass is 10.0. The Morgan fingerprint density at radius 3 is 2.63 bits per heavy atom. The van der Waals surface area contributed by atoms with Crippen molar-refractivity contribution in [3.8, 4) is 0 Å². The Morgan fingerprint density at radius 1 is 1.37 bits per heavy atom. The third-order valence-electron chi connectivity index (χ3n) is 2.43. The Hall–Kier alpha value is -1.95. The van der Waals surface area contributed by atoms with E-state index in [0.29, 0.717) is 19.3 Å². The molecule has 0 bridgehead atoms. The molecule has 0 saturated carbocycles. The largest absolute Gasteiger partial charge is 0.469 e. The number of thiocarbonyl (C=S) groups is 1. The van der Waals surface area contributed by atoms with E-state index in [1.54, 1.807) is 0 Å². The monoisotopic (exact) mass is 279 g/mol. The van der Waals surface area contributed by atoms with Gasteiger partial charge in [-0.25, -0.2) is 0 Å². The van der Waals surface area contributed by atoms with Gasteiger partial charge in [-0.1, -0.05) is 30.3 Å². The van der Waals surface area contributed by atoms with E-state index in [-0.39, 0.29) is 11.1 Å². The molecule has 0 atom stereocenters. The van der Waals surface area contributed by atoms with E-state index >= 15 is 0 Å². The molecular formula is C13H17N3O2S. The maximum atomic E-state index is 11.1. The summed E-state index contributed by atoms with van der Waals surface area (Å²) in [7, 11) is 1.38. The molecule has 5 nitrogen and oxygen atoms in total. The molecule has 0 aromatic heterocycles. The summed E-state index contributed by atoms with van der Waals surface area (Å²) >= 11 is 4.72. The predicted molar refractivity (Wildman–Crippen MR) is 78.8 cm³/mol. The Bertz CT molecular complexity index is 460. The minimum Gasteiger partial charge on any atom is -0.469 e. The summed E-state index contributed by atoms with van der Waals surface area (Å²) in [5.41, 5.74) is 9.71. The van der Waals surface area contributed by atoms with Crippen molar-refractivity contribution in [2.24, 2.45) is 10.8 Å². The molecule has 1 aromatic rings. The number of hydrogen-bond acceptors (Lipinski definition) is 4. The van der Waals surface area contributed by atoms with Gasteiger partial charge in [0.2, 0.25) is 0 Å². The summed E-state index contributed by atoms with van der Waals surface area (Å²) in [6.45, 7) is 0. The van der Waals surface area contributed by atoms with Gasteiger partial charge in [0.15, 0.2) is 5.11 Å². The van der Waals surface area contributed by atoms with Crippen molar-refractivity contribution in [1.82, 2.24) is 5.43 Å². The second-order valence-electron chi connectivity index (χ2n) is 3.83. The number of carbonyl (C=O) groups is 1. The molecule has 0 fully saturated rings. The molecule has 0 radical (unpaired) electrons. The van der Waals surface area contributed by atoms with E-state index in [0.717, 1.165) is 11.3 Å². The molecule has 102 valence electrons. The highest BCUT2D eigenvalue weighted by Crippen LogP contribution is 2.08. The van der Waals surface area contributed by atoms with Crippen LogP contribution in [-0.2, 0) is 9.53 Å². The fourth-order valence-electron chi connectivity index (χ4n) is 1.52. The van der Waals surface area contributed by atoms with Gasteiger partial charge in [-0.3, -0.25) is 10.2 Å². The number of ether oxygens (including phenoxy) is 1. The second-order valence-corrected chi connectivity index (χ2v) is 4.27. The third kappa shape index (κ3) is 5.96. The van der Waals surface area contributed by atoms with Crippen LogP contribution in [0.5, 0.6) is 0 Å². The van der Waals surface area contributed by atoms with Crippen molar-refractivity contribution < 1.29 is 9.53 Å². The van der Waals surface area contributed by atoms with Gasteiger partial charge in [-0.05, 0) is 30.6 Å². The van der Waals surface area contributed by atoms with Crippen LogP contribution in [0.1, 0.15) is 24.8 Å². The van der Waals surface area contributed by atoms with Gasteiger partial charge in [-0.15, -0.1) is 0 Å². The van der Waals surface area contributed by atoms with Crippen LogP contribution in [0.2, 0.25) is 0 Å². The number of rotatable bonds is 6. The summed E-state index contributed by atoms with van der Waals surface area (Å²) in [4.78, 5) is 11.1. The van der Waals surface area contributed by atoms with E-state index < -0.39 is 0 Å². The van der Waals surface area contributed by atoms with Crippen molar-refractivity contribution in [3.05, 3.63) is 35.9 Å². The molecule has 1 rings (SSSR count). The number of nitrogens with zero attached hydrogens (tertiary/aromatic N) is 1. The van der Waals surface area contributed by atoms with Gasteiger partial charge in [0.25, 0.3) is 0 Å². The highest BCUT2D eigenvalue weighted by atomic mass is 32.1. The van der Waals surface area contributed by atoms with Crippen molar-refractivity contribution in [3.63, 3.8) is 0 Å². The topological polar surface area (TPSA) is 76.7 Å². The van der Waals surface area contributed by atoms with Gasteiger partial charge >= 0.3 is 5.97 Å². The quantitative estimate of drug-likeness (QED) is 0.358. The molecule has 0 heterocycles. The molecule has 0 spiro atoms. The average Bonchev–Trinajstić information content (AvgIpc) is 2.43. The predicted octanol–water partition coefficient (Wildman–Crippen LogP) is 1.57. The minimum atomic E-state index is -0.227. The van der Waals surface area contributed by atoms with Crippen LogP contribution < -0.4 is 11.2 Å². The van der Waals surface area contributed by atoms with E-state index in [9.17, 15) is 4.79 Å². The number of nitrogens with one attached hydrogen (secondary N) is 1. The molecule has 6 heteroatoms. The van der Waals surface area contributed by atoms with Crippen molar-refractivity contribution >= 4 is 29.0 Å². The summed E-state index contributed by atoms with van der Waals surface area (Å²) < 4.78 is 4.60. The van der Waals surface area contributed by atoms with Gasteiger partial charge in [-0.2, -0.15) is 5.10 Å². The van der Waals surface area contributed by atoms with Gasteiger partial charge in [0.1, 0.15) is 0 Å². The standard InChI is InChI=1S/C13H17N3O2S/c1-18-12(17)9-5-8-11(15-16-13(14)19)10-6-3-2-4-7-10/h2-4,6-7H,5,8-9H2,1H3,(H3,14,16,19)/b15-11-. The number of methoxy groups -OCH3 is 1. The molecule has 0 amide bonds. The van der Waals surface area contributed by atoms with Crippen LogP contribution in [0.4, 0.5) is 0 Å². The van der Waals surface area contributed by atoms with Crippen LogP contribution >= 0.6 is 12.2 Å². The smallest absolute Gasteiger partial charge is 0.305 e. The van der Waals surface area contributed by atoms with Crippen LogP contribution in [-0.4, -0.2) is 23.9 Å². The zero-order chi connectivity index (χ0) is 14.1. The molecular weight excluding hydrogens is 262 g/mol. The lowest BCUT2D eigenvalue weighted by Crippen LogP contribution is -2.25. The highest BCUT2D eigenvalue weighted by molar-refractivity contribution is 7.80. The lowest BCUT2D eigenvalue weighted by molar-refractivity contribution is -0.140. The van der Waals surface area contributed by atoms with Crippen LogP contribution in [0.3, 0.4) is 0 Å². The van der Waals surface area contributed by atoms with Gasteiger partial charge < -0.3 is 10.5 Å². The van der Waals surface area contributed by atoms with Crippen LogP contribution in [0.25, 0.3) is 0 Å². The Kier molecular flexibility index (Phi) is 6.52. The summed E-state index contributed by atoms with van der Waals surface area (Å²) in [6.07, 6.45) is 1.64. The highest BCUT2D eigenvalue weighted by Gasteiger charge is 2.06. The minimum absolute atomic E-state index is 0.112. The second kappa shape index (κ2) is 8.20. The number of carbonyl (C=O) groups excluding carboxylic acids is 1. The van der Waals surface area contributed by atoms with E-state index in [1.807, 2.05) is 30.3 Å². The first-order valence-electron chi connectivity index (χ1n) is 5.87. The molecule has 19 heavy (non-hydrogen) atoms. The fourth-order valence-corrected chi connectivity index (χ4v) is 1.57. The molecule has 3 N–H and O–H groups in total. The van der Waals surface area contributed by atoms with Crippen LogP contribution in [0.15, 0.2) is 35.4 Å². The lowest BCUT2D eigenvalue weighted by Gasteiger charge is -2.07. The maximum absolute atomic E-state index is 11.1. The SMILES string of the molecule is COC(=O)CCC/C(=N/NC(N)=S)c1ccccc1. The Morgan fingerprint density at radius 2 is 2.05 bits per heavy atom. The summed E-state index contributed by atoms with van der Waals surface area (Å²) in [5.74, 6) is -0.227. The molecule has 0 unspecified atom stereocenters. The number of benzene rings is 1. The average molecular weight is 279 g/mol. The van der Waals surface area contributed by atoms with Crippen molar-refractivity contribution in [2.45, 2.75) is 19.3 Å². The van der Waals surface area contributed by atoms with Gasteiger partial charge in [0, 0.05) is 6.42 Å². The molecule has 0 aliphatic rings. The molecule has 0 aliphatic heterocycles. The summed E-state index contributed by atoms with van der Waals surface area (Å²) in [5, 5.41) is 4.28. The van der Waals surface area contributed by atoms with E-state index in [1.165, 1.54) is 7.11 Å². The van der Waals surface area contributed by atoms with E-state index in [2.05, 4.69) is 15.3 Å². The van der Waals surface area contributed by atoms with E-state index in [4.69, 9.17) is 18.0 Å². The van der Waals surface area contributed by atoms with Crippen molar-refractivity contribution in [2.75, 3.05) is 7.11 Å². The third-order valence-corrected chi connectivity index (χ3v) is 2.52.